The van der Waals surface area contributed by atoms with Gasteiger partial charge < -0.3 is 5.32 Å². The van der Waals surface area contributed by atoms with Crippen LogP contribution in [0.15, 0.2) is 24.8 Å². The molecule has 0 bridgehead atoms. The van der Waals surface area contributed by atoms with Gasteiger partial charge in [0.15, 0.2) is 0 Å². The molecule has 2 aromatic heterocycles. The summed E-state index contributed by atoms with van der Waals surface area (Å²) in [6.45, 7) is 5.55. The van der Waals surface area contributed by atoms with Crippen molar-refractivity contribution in [1.82, 2.24) is 19.5 Å². The first-order chi connectivity index (χ1) is 8.58. The Kier molecular flexibility index (Phi) is 3.36. The Bertz CT molecular complexity index is 561. The van der Waals surface area contributed by atoms with E-state index < -0.39 is 0 Å². The highest BCUT2D eigenvalue weighted by atomic mass is 16.1. The van der Waals surface area contributed by atoms with Crippen LogP contribution in [0.3, 0.4) is 0 Å². The third-order valence-corrected chi connectivity index (χ3v) is 2.50. The maximum atomic E-state index is 11.6. The molecule has 1 N–H and O–H groups in total. The summed E-state index contributed by atoms with van der Waals surface area (Å²) in [6.07, 6.45) is 4.93. The second-order valence-electron chi connectivity index (χ2n) is 4.25. The molecule has 2 rings (SSSR count). The number of nitrogens with zero attached hydrogens (tertiary/aromatic N) is 4. The molecule has 0 spiro atoms. The number of rotatable bonds is 3. The van der Waals surface area contributed by atoms with E-state index in [0.717, 1.165) is 5.82 Å². The monoisotopic (exact) mass is 245 g/mol. The summed E-state index contributed by atoms with van der Waals surface area (Å²) in [5, 5.41) is 2.74. The Labute approximate surface area is 105 Å². The lowest BCUT2D eigenvalue weighted by molar-refractivity contribution is -0.118. The molecule has 6 nitrogen and oxygen atoms in total. The van der Waals surface area contributed by atoms with E-state index in [2.05, 4.69) is 20.3 Å². The number of amides is 1. The van der Waals surface area contributed by atoms with Crippen LogP contribution in [0, 0.1) is 12.8 Å². The Balaban J connectivity index is 2.26. The van der Waals surface area contributed by atoms with E-state index in [1.165, 1.54) is 6.33 Å². The summed E-state index contributed by atoms with van der Waals surface area (Å²) in [6, 6.07) is 1.72. The molecule has 2 heterocycles. The van der Waals surface area contributed by atoms with Gasteiger partial charge in [-0.15, -0.1) is 0 Å². The Morgan fingerprint density at radius 1 is 1.33 bits per heavy atom. The average Bonchev–Trinajstić information content (AvgIpc) is 2.75. The number of anilines is 1. The normalized spacial score (nSPS) is 10.7. The first-order valence-electron chi connectivity index (χ1n) is 5.71. The topological polar surface area (TPSA) is 72.7 Å². The highest BCUT2D eigenvalue weighted by Gasteiger charge is 2.09. The van der Waals surface area contributed by atoms with Crippen LogP contribution in [0.25, 0.3) is 5.82 Å². The van der Waals surface area contributed by atoms with Crippen molar-refractivity contribution >= 4 is 11.7 Å². The van der Waals surface area contributed by atoms with Gasteiger partial charge in [-0.1, -0.05) is 13.8 Å². The lowest BCUT2D eigenvalue weighted by Crippen LogP contribution is -2.18. The fourth-order valence-electron chi connectivity index (χ4n) is 1.44. The lowest BCUT2D eigenvalue weighted by Gasteiger charge is -2.08. The summed E-state index contributed by atoms with van der Waals surface area (Å²) in [5.74, 6) is 1.85. The Hall–Kier alpha value is -2.24. The maximum Gasteiger partial charge on any atom is 0.228 e. The highest BCUT2D eigenvalue weighted by molar-refractivity contribution is 5.91. The third kappa shape index (κ3) is 2.53. The number of aromatic nitrogens is 4. The lowest BCUT2D eigenvalue weighted by atomic mass is 10.2. The van der Waals surface area contributed by atoms with Crippen LogP contribution in [-0.4, -0.2) is 25.4 Å². The molecule has 0 aromatic carbocycles. The first-order valence-corrected chi connectivity index (χ1v) is 5.71. The number of imidazole rings is 1. The summed E-state index contributed by atoms with van der Waals surface area (Å²) < 4.78 is 1.83. The first kappa shape index (κ1) is 12.2. The summed E-state index contributed by atoms with van der Waals surface area (Å²) >= 11 is 0. The SMILES string of the molecule is Cc1nccn1-c1cc(NC(=O)C(C)C)ncn1. The fraction of sp³-hybridized carbons (Fsp3) is 0.333. The van der Waals surface area contributed by atoms with E-state index in [9.17, 15) is 4.79 Å². The van der Waals surface area contributed by atoms with Gasteiger partial charge in [0.1, 0.15) is 23.8 Å². The molecule has 0 unspecified atom stereocenters. The van der Waals surface area contributed by atoms with Gasteiger partial charge >= 0.3 is 0 Å². The Morgan fingerprint density at radius 3 is 2.72 bits per heavy atom. The summed E-state index contributed by atoms with van der Waals surface area (Å²) in [4.78, 5) is 23.9. The van der Waals surface area contributed by atoms with Crippen LogP contribution in [0.5, 0.6) is 0 Å². The van der Waals surface area contributed by atoms with Gasteiger partial charge in [-0.05, 0) is 6.92 Å². The van der Waals surface area contributed by atoms with Crippen LogP contribution >= 0.6 is 0 Å². The summed E-state index contributed by atoms with van der Waals surface area (Å²) in [5.41, 5.74) is 0. The van der Waals surface area contributed by atoms with Gasteiger partial charge in [-0.25, -0.2) is 15.0 Å². The van der Waals surface area contributed by atoms with Gasteiger partial charge in [0.05, 0.1) is 0 Å². The highest BCUT2D eigenvalue weighted by Crippen LogP contribution is 2.11. The molecule has 0 saturated heterocycles. The molecule has 0 saturated carbocycles. The van der Waals surface area contributed by atoms with E-state index in [-0.39, 0.29) is 11.8 Å². The Morgan fingerprint density at radius 2 is 2.11 bits per heavy atom. The number of hydrogen-bond acceptors (Lipinski definition) is 4. The van der Waals surface area contributed by atoms with Crippen LogP contribution in [0.2, 0.25) is 0 Å². The zero-order chi connectivity index (χ0) is 13.1. The van der Waals surface area contributed by atoms with E-state index in [1.54, 1.807) is 12.3 Å². The van der Waals surface area contributed by atoms with Crippen molar-refractivity contribution in [2.45, 2.75) is 20.8 Å². The fourth-order valence-corrected chi connectivity index (χ4v) is 1.44. The standard InChI is InChI=1S/C12H15N5O/c1-8(2)12(18)16-10-6-11(15-7-14-10)17-5-4-13-9(17)3/h4-8H,1-3H3,(H,14,15,16,18). The van der Waals surface area contributed by atoms with Crippen molar-refractivity contribution in [2.24, 2.45) is 5.92 Å². The van der Waals surface area contributed by atoms with Crippen molar-refractivity contribution in [3.8, 4) is 5.82 Å². The minimum atomic E-state index is -0.0848. The van der Waals surface area contributed by atoms with Gasteiger partial charge in [0.25, 0.3) is 0 Å². The predicted molar refractivity (Wildman–Crippen MR) is 67.4 cm³/mol. The smallest absolute Gasteiger partial charge is 0.228 e. The van der Waals surface area contributed by atoms with Crippen molar-refractivity contribution in [1.29, 1.82) is 0 Å². The van der Waals surface area contributed by atoms with E-state index in [1.807, 2.05) is 31.5 Å². The zero-order valence-corrected chi connectivity index (χ0v) is 10.6. The van der Waals surface area contributed by atoms with Gasteiger partial charge in [0.2, 0.25) is 5.91 Å². The maximum absolute atomic E-state index is 11.6. The molecule has 0 aliphatic heterocycles. The molecule has 0 fully saturated rings. The molecule has 18 heavy (non-hydrogen) atoms. The second kappa shape index (κ2) is 4.95. The van der Waals surface area contributed by atoms with Crippen LogP contribution in [0.1, 0.15) is 19.7 Å². The predicted octanol–water partition coefficient (Wildman–Crippen LogP) is 1.57. The van der Waals surface area contributed by atoms with Crippen LogP contribution < -0.4 is 5.32 Å². The minimum Gasteiger partial charge on any atom is -0.310 e. The van der Waals surface area contributed by atoms with Gasteiger partial charge in [-0.3, -0.25) is 9.36 Å². The largest absolute Gasteiger partial charge is 0.310 e. The number of aryl methyl sites for hydroxylation is 1. The quantitative estimate of drug-likeness (QED) is 0.890. The van der Waals surface area contributed by atoms with Crippen molar-refractivity contribution in [3.05, 3.63) is 30.6 Å². The molecule has 1 amide bonds. The number of hydrogen-bond donors (Lipinski definition) is 1. The third-order valence-electron chi connectivity index (χ3n) is 2.50. The van der Waals surface area contributed by atoms with Crippen molar-refractivity contribution in [3.63, 3.8) is 0 Å². The molecule has 0 radical (unpaired) electrons. The summed E-state index contributed by atoms with van der Waals surface area (Å²) in [7, 11) is 0. The minimum absolute atomic E-state index is 0.0676. The molecule has 6 heteroatoms. The molecular formula is C12H15N5O. The van der Waals surface area contributed by atoms with Gasteiger partial charge in [0, 0.05) is 24.4 Å². The number of nitrogens with one attached hydrogen (secondary N) is 1. The van der Waals surface area contributed by atoms with E-state index in [0.29, 0.717) is 11.6 Å². The molecule has 2 aromatic rings. The van der Waals surface area contributed by atoms with E-state index in [4.69, 9.17) is 0 Å². The zero-order valence-electron chi connectivity index (χ0n) is 10.6. The van der Waals surface area contributed by atoms with Crippen molar-refractivity contribution < 1.29 is 4.79 Å². The van der Waals surface area contributed by atoms with Crippen LogP contribution in [-0.2, 0) is 4.79 Å². The number of carbonyl (C=O) groups excluding carboxylic acids is 1. The number of carbonyl (C=O) groups is 1. The van der Waals surface area contributed by atoms with E-state index >= 15 is 0 Å². The average molecular weight is 245 g/mol. The molecular weight excluding hydrogens is 230 g/mol. The van der Waals surface area contributed by atoms with Gasteiger partial charge in [-0.2, -0.15) is 0 Å². The van der Waals surface area contributed by atoms with Crippen molar-refractivity contribution in [2.75, 3.05) is 5.32 Å². The second-order valence-corrected chi connectivity index (χ2v) is 4.25. The molecule has 94 valence electrons. The molecule has 0 aliphatic rings. The molecule has 0 aliphatic carbocycles. The molecule has 0 atom stereocenters. The van der Waals surface area contributed by atoms with Crippen LogP contribution in [0.4, 0.5) is 5.82 Å².